The average Bonchev–Trinajstić information content (AvgIpc) is 2.27. The highest BCUT2D eigenvalue weighted by Gasteiger charge is 2.08. The van der Waals surface area contributed by atoms with Gasteiger partial charge in [0.15, 0.2) is 0 Å². The summed E-state index contributed by atoms with van der Waals surface area (Å²) in [6, 6.07) is 11.4. The Morgan fingerprint density at radius 3 is 2.44 bits per heavy atom. The lowest BCUT2D eigenvalue weighted by Crippen LogP contribution is -2.28. The molecule has 0 spiro atoms. The molecule has 2 atom stereocenters. The van der Waals surface area contributed by atoms with Gasteiger partial charge in [-0.05, 0) is 44.2 Å². The molecule has 1 aromatic rings. The largest absolute Gasteiger partial charge is 0.314 e. The van der Waals surface area contributed by atoms with E-state index < -0.39 is 0 Å². The summed E-state index contributed by atoms with van der Waals surface area (Å²) in [5.41, 5.74) is 1.46. The molecule has 0 saturated heterocycles. The molecule has 1 nitrogen and oxygen atoms in total. The Bertz CT molecular complexity index is 268. The first-order valence-corrected chi connectivity index (χ1v) is 6.49. The van der Waals surface area contributed by atoms with Crippen LogP contribution in [0.25, 0.3) is 0 Å². The molecule has 1 N–H and O–H groups in total. The summed E-state index contributed by atoms with van der Waals surface area (Å²) in [6.07, 6.45) is 3.67. The van der Waals surface area contributed by atoms with E-state index in [1.807, 2.05) is 0 Å². The van der Waals surface area contributed by atoms with Crippen molar-refractivity contribution >= 4 is 0 Å². The molecule has 0 aliphatic heterocycles. The minimum atomic E-state index is 0.638. The number of nitrogens with one attached hydrogen (secondary N) is 1. The zero-order valence-corrected chi connectivity index (χ0v) is 10.9. The van der Waals surface area contributed by atoms with Crippen molar-refractivity contribution in [1.29, 1.82) is 0 Å². The van der Waals surface area contributed by atoms with Gasteiger partial charge in [-0.3, -0.25) is 0 Å². The Balaban J connectivity index is 2.27. The fourth-order valence-corrected chi connectivity index (χ4v) is 2.18. The van der Waals surface area contributed by atoms with Crippen LogP contribution in [0.1, 0.15) is 39.2 Å². The lowest BCUT2D eigenvalue weighted by atomic mass is 9.95. The van der Waals surface area contributed by atoms with Crippen LogP contribution in [0.4, 0.5) is 0 Å². The number of hydrogen-bond acceptors (Lipinski definition) is 1. The lowest BCUT2D eigenvalue weighted by molar-refractivity contribution is 0.420. The fourth-order valence-electron chi connectivity index (χ4n) is 2.18. The molecule has 1 aromatic carbocycles. The van der Waals surface area contributed by atoms with Crippen molar-refractivity contribution in [2.75, 3.05) is 6.54 Å². The Hall–Kier alpha value is -0.820. The molecule has 1 rings (SSSR count). The molecule has 0 bridgehead atoms. The second kappa shape index (κ2) is 7.45. The summed E-state index contributed by atoms with van der Waals surface area (Å²) in [4.78, 5) is 0. The van der Waals surface area contributed by atoms with Gasteiger partial charge in [0.2, 0.25) is 0 Å². The van der Waals surface area contributed by atoms with Crippen molar-refractivity contribution in [3.63, 3.8) is 0 Å². The van der Waals surface area contributed by atoms with Gasteiger partial charge in [0.05, 0.1) is 0 Å². The number of rotatable bonds is 7. The van der Waals surface area contributed by atoms with Gasteiger partial charge >= 0.3 is 0 Å². The Labute approximate surface area is 100 Å². The third-order valence-electron chi connectivity index (χ3n) is 2.93. The van der Waals surface area contributed by atoms with Crippen LogP contribution in [0.15, 0.2) is 30.3 Å². The molecular formula is C15H25N. The van der Waals surface area contributed by atoms with Crippen molar-refractivity contribution in [3.05, 3.63) is 35.9 Å². The predicted molar refractivity (Wildman–Crippen MR) is 71.7 cm³/mol. The van der Waals surface area contributed by atoms with E-state index in [0.29, 0.717) is 6.04 Å². The zero-order chi connectivity index (χ0) is 11.8. The van der Waals surface area contributed by atoms with E-state index in [1.54, 1.807) is 0 Å². The van der Waals surface area contributed by atoms with Gasteiger partial charge in [0.1, 0.15) is 0 Å². The lowest BCUT2D eigenvalue weighted by Gasteiger charge is -2.18. The molecular weight excluding hydrogens is 194 g/mol. The van der Waals surface area contributed by atoms with Crippen LogP contribution in [0.5, 0.6) is 0 Å². The smallest absolute Gasteiger partial charge is 0.00413 e. The molecule has 0 aliphatic rings. The van der Waals surface area contributed by atoms with Gasteiger partial charge in [-0.15, -0.1) is 0 Å². The molecule has 1 heteroatoms. The first kappa shape index (κ1) is 13.2. The van der Waals surface area contributed by atoms with Gasteiger partial charge in [0, 0.05) is 6.04 Å². The van der Waals surface area contributed by atoms with Gasteiger partial charge in [-0.1, -0.05) is 44.2 Å². The second-order valence-electron chi connectivity index (χ2n) is 4.89. The minimum absolute atomic E-state index is 0.638. The third-order valence-corrected chi connectivity index (χ3v) is 2.93. The highest BCUT2D eigenvalue weighted by atomic mass is 14.9. The monoisotopic (exact) mass is 219 g/mol. The molecule has 0 aromatic heterocycles. The van der Waals surface area contributed by atoms with Crippen LogP contribution in [-0.2, 0) is 6.42 Å². The predicted octanol–water partition coefficient (Wildman–Crippen LogP) is 3.64. The quantitative estimate of drug-likeness (QED) is 0.738. The van der Waals surface area contributed by atoms with E-state index in [4.69, 9.17) is 0 Å². The first-order valence-electron chi connectivity index (χ1n) is 6.49. The molecule has 0 heterocycles. The van der Waals surface area contributed by atoms with Crippen molar-refractivity contribution in [1.82, 2.24) is 5.32 Å². The van der Waals surface area contributed by atoms with Crippen LogP contribution in [0.3, 0.4) is 0 Å². The van der Waals surface area contributed by atoms with E-state index in [1.165, 1.54) is 24.8 Å². The van der Waals surface area contributed by atoms with Gasteiger partial charge in [-0.2, -0.15) is 0 Å². The summed E-state index contributed by atoms with van der Waals surface area (Å²) < 4.78 is 0. The van der Waals surface area contributed by atoms with Gasteiger partial charge in [0.25, 0.3) is 0 Å². The first-order chi connectivity index (χ1) is 7.72. The third kappa shape index (κ3) is 5.32. The SMILES string of the molecule is CCCNC(C)CC(C)Cc1ccccc1. The summed E-state index contributed by atoms with van der Waals surface area (Å²) in [7, 11) is 0. The topological polar surface area (TPSA) is 12.0 Å². The number of benzene rings is 1. The van der Waals surface area contributed by atoms with Crippen LogP contribution >= 0.6 is 0 Å². The van der Waals surface area contributed by atoms with Gasteiger partial charge < -0.3 is 5.32 Å². The maximum absolute atomic E-state index is 3.55. The van der Waals surface area contributed by atoms with Gasteiger partial charge in [-0.25, -0.2) is 0 Å². The molecule has 0 amide bonds. The highest BCUT2D eigenvalue weighted by Crippen LogP contribution is 2.13. The van der Waals surface area contributed by atoms with E-state index in [0.717, 1.165) is 12.5 Å². The standard InChI is InChI=1S/C15H25N/c1-4-10-16-14(3)11-13(2)12-15-8-6-5-7-9-15/h5-9,13-14,16H,4,10-12H2,1-3H3. The molecule has 16 heavy (non-hydrogen) atoms. The second-order valence-corrected chi connectivity index (χ2v) is 4.89. The summed E-state index contributed by atoms with van der Waals surface area (Å²) >= 11 is 0. The van der Waals surface area contributed by atoms with Crippen molar-refractivity contribution in [2.24, 2.45) is 5.92 Å². The van der Waals surface area contributed by atoms with E-state index >= 15 is 0 Å². The fraction of sp³-hybridized carbons (Fsp3) is 0.600. The van der Waals surface area contributed by atoms with E-state index in [-0.39, 0.29) is 0 Å². The van der Waals surface area contributed by atoms with Crippen LogP contribution in [0, 0.1) is 5.92 Å². The molecule has 2 unspecified atom stereocenters. The maximum atomic E-state index is 3.55. The van der Waals surface area contributed by atoms with Crippen LogP contribution in [0.2, 0.25) is 0 Å². The summed E-state index contributed by atoms with van der Waals surface area (Å²) in [6.45, 7) is 7.99. The Kier molecular flexibility index (Phi) is 6.17. The Morgan fingerprint density at radius 1 is 1.12 bits per heavy atom. The zero-order valence-electron chi connectivity index (χ0n) is 10.9. The molecule has 0 aliphatic carbocycles. The highest BCUT2D eigenvalue weighted by molar-refractivity contribution is 5.15. The van der Waals surface area contributed by atoms with Crippen molar-refractivity contribution in [3.8, 4) is 0 Å². The van der Waals surface area contributed by atoms with Crippen LogP contribution < -0.4 is 5.32 Å². The minimum Gasteiger partial charge on any atom is -0.314 e. The van der Waals surface area contributed by atoms with Crippen molar-refractivity contribution in [2.45, 2.75) is 46.1 Å². The molecule has 90 valence electrons. The summed E-state index contributed by atoms with van der Waals surface area (Å²) in [5, 5.41) is 3.55. The molecule has 0 radical (unpaired) electrons. The van der Waals surface area contributed by atoms with E-state index in [2.05, 4.69) is 56.4 Å². The molecule has 0 saturated carbocycles. The average molecular weight is 219 g/mol. The summed E-state index contributed by atoms with van der Waals surface area (Å²) in [5.74, 6) is 0.752. The van der Waals surface area contributed by atoms with E-state index in [9.17, 15) is 0 Å². The number of hydrogen-bond donors (Lipinski definition) is 1. The van der Waals surface area contributed by atoms with Crippen molar-refractivity contribution < 1.29 is 0 Å². The Morgan fingerprint density at radius 2 is 1.81 bits per heavy atom. The maximum Gasteiger partial charge on any atom is 0.00413 e. The normalized spacial score (nSPS) is 14.7. The molecule has 0 fully saturated rings. The van der Waals surface area contributed by atoms with Crippen LogP contribution in [-0.4, -0.2) is 12.6 Å².